The molecule has 0 aromatic heterocycles. The van der Waals surface area contributed by atoms with Crippen molar-refractivity contribution in [2.45, 2.75) is 18.1 Å². The second-order valence-corrected chi connectivity index (χ2v) is 3.25. The summed E-state index contributed by atoms with van der Waals surface area (Å²) in [6, 6.07) is 4.73. The maximum atomic E-state index is 13.1. The Hall–Kier alpha value is -1.17. The summed E-state index contributed by atoms with van der Waals surface area (Å²) >= 11 is 0. The molecule has 0 aliphatic rings. The SMILES string of the molecule is CNC(c1ccccc1)C(F)(F)C(F)(F)F. The van der Waals surface area contributed by atoms with Gasteiger partial charge in [0.25, 0.3) is 0 Å². The minimum atomic E-state index is -5.57. The first-order valence-electron chi connectivity index (χ1n) is 4.47. The average Bonchev–Trinajstić information content (AvgIpc) is 2.18. The van der Waals surface area contributed by atoms with Gasteiger partial charge in [-0.25, -0.2) is 0 Å². The second-order valence-electron chi connectivity index (χ2n) is 3.25. The van der Waals surface area contributed by atoms with Crippen molar-refractivity contribution < 1.29 is 22.0 Å². The predicted molar refractivity (Wildman–Crippen MR) is 49.2 cm³/mol. The van der Waals surface area contributed by atoms with E-state index in [-0.39, 0.29) is 5.56 Å². The molecule has 0 fully saturated rings. The van der Waals surface area contributed by atoms with Gasteiger partial charge in [-0.2, -0.15) is 22.0 Å². The average molecular weight is 239 g/mol. The Morgan fingerprint density at radius 3 is 1.88 bits per heavy atom. The lowest BCUT2D eigenvalue weighted by Gasteiger charge is -2.28. The zero-order valence-electron chi connectivity index (χ0n) is 8.35. The summed E-state index contributed by atoms with van der Waals surface area (Å²) in [6.07, 6.45) is -5.57. The first-order chi connectivity index (χ1) is 7.30. The minimum absolute atomic E-state index is 0.104. The Labute approximate surface area is 89.3 Å². The predicted octanol–water partition coefficient (Wildman–Crippen LogP) is 3.14. The molecule has 1 aromatic rings. The van der Waals surface area contributed by atoms with Crippen LogP contribution in [0.15, 0.2) is 30.3 Å². The number of hydrogen-bond acceptors (Lipinski definition) is 1. The van der Waals surface area contributed by atoms with Crippen LogP contribution in [0.3, 0.4) is 0 Å². The zero-order chi connectivity index (χ0) is 12.4. The molecule has 1 N–H and O–H groups in total. The van der Waals surface area contributed by atoms with Crippen LogP contribution >= 0.6 is 0 Å². The van der Waals surface area contributed by atoms with E-state index in [1.54, 1.807) is 6.07 Å². The molecular weight excluding hydrogens is 229 g/mol. The Morgan fingerprint density at radius 2 is 1.50 bits per heavy atom. The number of benzene rings is 1. The maximum Gasteiger partial charge on any atom is 0.455 e. The van der Waals surface area contributed by atoms with E-state index in [2.05, 4.69) is 0 Å². The smallest absolute Gasteiger partial charge is 0.308 e. The molecule has 0 heterocycles. The molecule has 0 aliphatic heterocycles. The van der Waals surface area contributed by atoms with Crippen LogP contribution in [0.1, 0.15) is 11.6 Å². The lowest BCUT2D eigenvalue weighted by atomic mass is 10.0. The molecule has 0 amide bonds. The molecule has 16 heavy (non-hydrogen) atoms. The van der Waals surface area contributed by atoms with Crippen molar-refractivity contribution in [3.05, 3.63) is 35.9 Å². The van der Waals surface area contributed by atoms with Gasteiger partial charge in [0.15, 0.2) is 0 Å². The molecule has 1 rings (SSSR count). The fourth-order valence-electron chi connectivity index (χ4n) is 1.37. The summed E-state index contributed by atoms with van der Waals surface area (Å²) in [5, 5.41) is 2.00. The van der Waals surface area contributed by atoms with Gasteiger partial charge in [-0.1, -0.05) is 30.3 Å². The maximum absolute atomic E-state index is 13.1. The molecule has 1 aromatic carbocycles. The van der Waals surface area contributed by atoms with Crippen molar-refractivity contribution in [1.82, 2.24) is 5.32 Å². The van der Waals surface area contributed by atoms with Crippen molar-refractivity contribution in [3.8, 4) is 0 Å². The highest BCUT2D eigenvalue weighted by Gasteiger charge is 2.62. The summed E-state index contributed by atoms with van der Waals surface area (Å²) in [4.78, 5) is 0. The van der Waals surface area contributed by atoms with E-state index in [9.17, 15) is 22.0 Å². The van der Waals surface area contributed by atoms with Crippen molar-refractivity contribution >= 4 is 0 Å². The van der Waals surface area contributed by atoms with Gasteiger partial charge in [0.05, 0.1) is 0 Å². The van der Waals surface area contributed by atoms with Crippen molar-refractivity contribution in [2.75, 3.05) is 7.05 Å². The van der Waals surface area contributed by atoms with Crippen LogP contribution in [-0.4, -0.2) is 19.1 Å². The lowest BCUT2D eigenvalue weighted by molar-refractivity contribution is -0.293. The molecule has 1 nitrogen and oxygen atoms in total. The molecular formula is C10H10F5N. The molecule has 0 saturated carbocycles. The van der Waals surface area contributed by atoms with Crippen molar-refractivity contribution in [1.29, 1.82) is 0 Å². The van der Waals surface area contributed by atoms with Gasteiger partial charge in [0.2, 0.25) is 0 Å². The quantitative estimate of drug-likeness (QED) is 0.799. The fourth-order valence-corrected chi connectivity index (χ4v) is 1.37. The van der Waals surface area contributed by atoms with Gasteiger partial charge in [0, 0.05) is 0 Å². The number of rotatable bonds is 3. The van der Waals surface area contributed by atoms with Gasteiger partial charge < -0.3 is 5.32 Å². The first kappa shape index (κ1) is 12.9. The number of halogens is 5. The Morgan fingerprint density at radius 1 is 1.00 bits per heavy atom. The van der Waals surface area contributed by atoms with Crippen LogP contribution in [0.2, 0.25) is 0 Å². The zero-order valence-corrected chi connectivity index (χ0v) is 8.35. The molecule has 0 radical (unpaired) electrons. The standard InChI is InChI=1S/C10H10F5N/c1-16-8(7-5-3-2-4-6-7)9(11,12)10(13,14)15/h2-6,8,16H,1H3. The highest BCUT2D eigenvalue weighted by atomic mass is 19.4. The van der Waals surface area contributed by atoms with E-state index in [4.69, 9.17) is 0 Å². The van der Waals surface area contributed by atoms with Gasteiger partial charge in [-0.3, -0.25) is 0 Å². The topological polar surface area (TPSA) is 12.0 Å². The van der Waals surface area contributed by atoms with E-state index in [1.165, 1.54) is 24.3 Å². The molecule has 6 heteroatoms. The molecule has 1 atom stereocenters. The van der Waals surface area contributed by atoms with Crippen LogP contribution in [0.4, 0.5) is 22.0 Å². The molecule has 0 aliphatic carbocycles. The number of nitrogens with one attached hydrogen (secondary N) is 1. The number of alkyl halides is 5. The third-order valence-electron chi connectivity index (χ3n) is 2.16. The highest BCUT2D eigenvalue weighted by molar-refractivity contribution is 5.21. The highest BCUT2D eigenvalue weighted by Crippen LogP contribution is 2.44. The lowest BCUT2D eigenvalue weighted by Crippen LogP contribution is -2.47. The van der Waals surface area contributed by atoms with Crippen LogP contribution in [0.25, 0.3) is 0 Å². The Bertz CT molecular complexity index is 333. The van der Waals surface area contributed by atoms with Crippen LogP contribution < -0.4 is 5.32 Å². The summed E-state index contributed by atoms with van der Waals surface area (Å²) in [6.45, 7) is 0. The van der Waals surface area contributed by atoms with Crippen LogP contribution in [0.5, 0.6) is 0 Å². The normalized spacial score (nSPS) is 14.9. The fraction of sp³-hybridized carbons (Fsp3) is 0.400. The number of hydrogen-bond donors (Lipinski definition) is 1. The minimum Gasteiger partial charge on any atom is -0.308 e. The summed E-state index contributed by atoms with van der Waals surface area (Å²) in [5.41, 5.74) is -0.104. The summed E-state index contributed by atoms with van der Waals surface area (Å²) < 4.78 is 62.7. The van der Waals surface area contributed by atoms with Gasteiger partial charge in [-0.15, -0.1) is 0 Å². The van der Waals surface area contributed by atoms with Gasteiger partial charge >= 0.3 is 12.1 Å². The van der Waals surface area contributed by atoms with Crippen LogP contribution in [0, 0.1) is 0 Å². The van der Waals surface area contributed by atoms with Crippen molar-refractivity contribution in [3.63, 3.8) is 0 Å². The van der Waals surface area contributed by atoms with E-state index in [0.717, 1.165) is 7.05 Å². The van der Waals surface area contributed by atoms with Gasteiger partial charge in [-0.05, 0) is 12.6 Å². The van der Waals surface area contributed by atoms with Crippen LogP contribution in [-0.2, 0) is 0 Å². The molecule has 0 saturated heterocycles. The molecule has 0 bridgehead atoms. The molecule has 0 spiro atoms. The third-order valence-corrected chi connectivity index (χ3v) is 2.16. The summed E-state index contributed by atoms with van der Waals surface area (Å²) in [5.74, 6) is -4.80. The van der Waals surface area contributed by atoms with E-state index in [0.29, 0.717) is 0 Å². The first-order valence-corrected chi connectivity index (χ1v) is 4.47. The molecule has 90 valence electrons. The monoisotopic (exact) mass is 239 g/mol. The third kappa shape index (κ3) is 2.32. The Balaban J connectivity index is 3.09. The van der Waals surface area contributed by atoms with E-state index >= 15 is 0 Å². The second kappa shape index (κ2) is 4.37. The largest absolute Gasteiger partial charge is 0.455 e. The van der Waals surface area contributed by atoms with E-state index < -0.39 is 18.1 Å². The van der Waals surface area contributed by atoms with E-state index in [1.807, 2.05) is 5.32 Å². The van der Waals surface area contributed by atoms with Gasteiger partial charge in [0.1, 0.15) is 6.04 Å². The Kier molecular flexibility index (Phi) is 3.52. The van der Waals surface area contributed by atoms with Crippen molar-refractivity contribution in [2.24, 2.45) is 0 Å². The summed E-state index contributed by atoms with van der Waals surface area (Å²) in [7, 11) is 1.07. The molecule has 1 unspecified atom stereocenters.